The molecular weight excluding hydrogens is 284 g/mol. The second-order valence-corrected chi connectivity index (χ2v) is 7.53. The number of hydrogen-bond donors (Lipinski definition) is 0. The minimum Gasteiger partial charge on any atom is -0.300 e. The number of fused-ring (bicyclic) bond motifs is 3. The van der Waals surface area contributed by atoms with Gasteiger partial charge in [0.25, 0.3) is 0 Å². The number of hydrogen-bond acceptors (Lipinski definition) is 2. The number of ketones is 1. The number of Topliss-reactive ketones (excluding diaryl/α,β-unsaturated/α-hetero) is 1. The van der Waals surface area contributed by atoms with Crippen molar-refractivity contribution in [2.24, 2.45) is 18.9 Å². The summed E-state index contributed by atoms with van der Waals surface area (Å²) in [4.78, 5) is 12.1. The highest BCUT2D eigenvalue weighted by Crippen LogP contribution is 2.52. The summed E-state index contributed by atoms with van der Waals surface area (Å²) < 4.78 is 2.05. The molecule has 3 heteroatoms. The summed E-state index contributed by atoms with van der Waals surface area (Å²) in [6.07, 6.45) is 3.57. The molecule has 0 amide bonds. The Kier molecular flexibility index (Phi) is 3.22. The van der Waals surface area contributed by atoms with Gasteiger partial charge in [0.2, 0.25) is 0 Å². The normalized spacial score (nSPS) is 30.0. The molecule has 0 bridgehead atoms. The van der Waals surface area contributed by atoms with E-state index in [0.29, 0.717) is 24.0 Å². The maximum atomic E-state index is 12.1. The number of rotatable bonds is 1. The maximum absolute atomic E-state index is 12.1. The lowest BCUT2D eigenvalue weighted by molar-refractivity contribution is -0.125. The van der Waals surface area contributed by atoms with Crippen molar-refractivity contribution in [2.75, 3.05) is 0 Å². The molecule has 4 rings (SSSR count). The first-order chi connectivity index (χ1) is 11.0. The molecule has 0 radical (unpaired) electrons. The monoisotopic (exact) mass is 308 g/mol. The van der Waals surface area contributed by atoms with Crippen LogP contribution in [0.1, 0.15) is 44.4 Å². The third-order valence-electron chi connectivity index (χ3n) is 6.33. The van der Waals surface area contributed by atoms with Crippen LogP contribution in [-0.4, -0.2) is 15.6 Å². The zero-order valence-electron chi connectivity index (χ0n) is 14.2. The quantitative estimate of drug-likeness (QED) is 0.800. The molecule has 0 aliphatic heterocycles. The summed E-state index contributed by atoms with van der Waals surface area (Å²) in [6.45, 7) is 4.57. The van der Waals surface area contributed by atoms with Crippen LogP contribution in [0, 0.1) is 11.8 Å². The van der Waals surface area contributed by atoms with Gasteiger partial charge in [-0.2, -0.15) is 5.10 Å². The van der Waals surface area contributed by atoms with Crippen LogP contribution in [0.5, 0.6) is 0 Å². The lowest BCUT2D eigenvalue weighted by Gasteiger charge is -2.47. The lowest BCUT2D eigenvalue weighted by atomic mass is 9.55. The molecular formula is C20H24N2O. The van der Waals surface area contributed by atoms with Gasteiger partial charge in [0, 0.05) is 36.4 Å². The maximum Gasteiger partial charge on any atom is 0.133 e. The van der Waals surface area contributed by atoms with Crippen LogP contribution in [0.3, 0.4) is 0 Å². The predicted octanol–water partition coefficient (Wildman–Crippen LogP) is 3.91. The van der Waals surface area contributed by atoms with E-state index >= 15 is 0 Å². The number of aryl methyl sites for hydroxylation is 1. The summed E-state index contributed by atoms with van der Waals surface area (Å²) in [7, 11) is 2.05. The molecule has 1 unspecified atom stereocenters. The van der Waals surface area contributed by atoms with Crippen molar-refractivity contribution >= 4 is 5.78 Å². The summed E-state index contributed by atoms with van der Waals surface area (Å²) >= 11 is 0. The Morgan fingerprint density at radius 3 is 2.70 bits per heavy atom. The molecule has 2 aromatic rings. The van der Waals surface area contributed by atoms with Gasteiger partial charge in [0.15, 0.2) is 0 Å². The molecule has 2 aliphatic rings. The molecule has 0 spiro atoms. The summed E-state index contributed by atoms with van der Waals surface area (Å²) in [5.41, 5.74) is 5.18. The highest BCUT2D eigenvalue weighted by Gasteiger charge is 2.50. The SMILES string of the molecule is CC1CC(=O)C[C@@H]2CCc3c(nn(C)c3-c3ccccc3)[C@@]12C. The molecule has 120 valence electrons. The van der Waals surface area contributed by atoms with Gasteiger partial charge in [0.05, 0.1) is 11.4 Å². The van der Waals surface area contributed by atoms with Gasteiger partial charge >= 0.3 is 0 Å². The third kappa shape index (κ3) is 2.02. The second-order valence-electron chi connectivity index (χ2n) is 7.53. The smallest absolute Gasteiger partial charge is 0.133 e. The first-order valence-electron chi connectivity index (χ1n) is 8.65. The Balaban J connectivity index is 1.88. The van der Waals surface area contributed by atoms with Gasteiger partial charge in [-0.1, -0.05) is 44.2 Å². The number of aromatic nitrogens is 2. The summed E-state index contributed by atoms with van der Waals surface area (Å²) in [5.74, 6) is 1.25. The second kappa shape index (κ2) is 5.05. The summed E-state index contributed by atoms with van der Waals surface area (Å²) in [6, 6.07) is 10.6. The van der Waals surface area contributed by atoms with E-state index in [0.717, 1.165) is 19.3 Å². The molecule has 1 saturated carbocycles. The molecule has 1 fully saturated rings. The largest absolute Gasteiger partial charge is 0.300 e. The third-order valence-corrected chi connectivity index (χ3v) is 6.33. The van der Waals surface area contributed by atoms with Crippen molar-refractivity contribution < 1.29 is 4.79 Å². The van der Waals surface area contributed by atoms with Crippen molar-refractivity contribution in [1.82, 2.24) is 9.78 Å². The van der Waals surface area contributed by atoms with E-state index in [2.05, 4.69) is 55.9 Å². The zero-order chi connectivity index (χ0) is 16.2. The van der Waals surface area contributed by atoms with E-state index in [1.807, 2.05) is 0 Å². The van der Waals surface area contributed by atoms with Gasteiger partial charge in [-0.3, -0.25) is 9.48 Å². The molecule has 1 aromatic carbocycles. The Bertz CT molecular complexity index is 761. The van der Waals surface area contributed by atoms with Gasteiger partial charge in [-0.15, -0.1) is 0 Å². The van der Waals surface area contributed by atoms with Crippen molar-refractivity contribution in [2.45, 2.75) is 44.9 Å². The van der Waals surface area contributed by atoms with Gasteiger partial charge in [-0.05, 0) is 24.7 Å². The van der Waals surface area contributed by atoms with Crippen LogP contribution < -0.4 is 0 Å². The average molecular weight is 308 g/mol. The fourth-order valence-corrected chi connectivity index (χ4v) is 4.87. The first kappa shape index (κ1) is 14.7. The van der Waals surface area contributed by atoms with Crippen LogP contribution in [0.2, 0.25) is 0 Å². The fourth-order valence-electron chi connectivity index (χ4n) is 4.87. The molecule has 3 atom stereocenters. The molecule has 0 saturated heterocycles. The van der Waals surface area contributed by atoms with Crippen LogP contribution in [0.4, 0.5) is 0 Å². The number of carbonyl (C=O) groups is 1. The van der Waals surface area contributed by atoms with E-state index in [1.54, 1.807) is 0 Å². The van der Waals surface area contributed by atoms with E-state index in [4.69, 9.17) is 5.10 Å². The van der Waals surface area contributed by atoms with Crippen LogP contribution in [0.25, 0.3) is 11.3 Å². The molecule has 3 nitrogen and oxygen atoms in total. The highest BCUT2D eigenvalue weighted by molar-refractivity contribution is 5.81. The van der Waals surface area contributed by atoms with Crippen molar-refractivity contribution in [3.05, 3.63) is 41.6 Å². The number of benzene rings is 1. The van der Waals surface area contributed by atoms with Gasteiger partial charge < -0.3 is 0 Å². The zero-order valence-corrected chi connectivity index (χ0v) is 14.2. The summed E-state index contributed by atoms with van der Waals surface area (Å²) in [5, 5.41) is 4.96. The van der Waals surface area contributed by atoms with E-state index in [9.17, 15) is 4.79 Å². The Morgan fingerprint density at radius 2 is 1.96 bits per heavy atom. The average Bonchev–Trinajstić information content (AvgIpc) is 2.87. The topological polar surface area (TPSA) is 34.9 Å². The van der Waals surface area contributed by atoms with Crippen LogP contribution >= 0.6 is 0 Å². The molecule has 0 N–H and O–H groups in total. The Morgan fingerprint density at radius 1 is 1.22 bits per heavy atom. The highest BCUT2D eigenvalue weighted by atomic mass is 16.1. The minimum atomic E-state index is 0.0340. The predicted molar refractivity (Wildman–Crippen MR) is 91.2 cm³/mol. The number of nitrogens with zero attached hydrogens (tertiary/aromatic N) is 2. The molecule has 1 aromatic heterocycles. The van der Waals surface area contributed by atoms with Gasteiger partial charge in [-0.25, -0.2) is 0 Å². The van der Waals surface area contributed by atoms with Crippen LogP contribution in [-0.2, 0) is 23.7 Å². The minimum absolute atomic E-state index is 0.0340. The molecule has 1 heterocycles. The lowest BCUT2D eigenvalue weighted by Crippen LogP contribution is -2.47. The fraction of sp³-hybridized carbons (Fsp3) is 0.500. The standard InChI is InChI=1S/C20H24N2O/c1-13-11-16(23)12-15-9-10-17-18(14-7-5-4-6-8-14)22(3)21-19(17)20(13,15)2/h4-8,13,15H,9-12H2,1-3H3/t13?,15-,20-/m0/s1. The number of carbonyl (C=O) groups excluding carboxylic acids is 1. The van der Waals surface area contributed by atoms with E-state index in [-0.39, 0.29) is 5.41 Å². The molecule has 23 heavy (non-hydrogen) atoms. The van der Waals surface area contributed by atoms with Crippen molar-refractivity contribution in [3.63, 3.8) is 0 Å². The van der Waals surface area contributed by atoms with E-state index in [1.165, 1.54) is 22.5 Å². The molecule has 2 aliphatic carbocycles. The van der Waals surface area contributed by atoms with Crippen LogP contribution in [0.15, 0.2) is 30.3 Å². The van der Waals surface area contributed by atoms with Gasteiger partial charge in [0.1, 0.15) is 5.78 Å². The first-order valence-corrected chi connectivity index (χ1v) is 8.65. The Hall–Kier alpha value is -1.90. The van der Waals surface area contributed by atoms with E-state index < -0.39 is 0 Å². The Labute approximate surface area is 137 Å². The van der Waals surface area contributed by atoms with Crippen molar-refractivity contribution in [1.29, 1.82) is 0 Å². The van der Waals surface area contributed by atoms with Crippen molar-refractivity contribution in [3.8, 4) is 11.3 Å².